The van der Waals surface area contributed by atoms with Gasteiger partial charge in [-0.05, 0) is 138 Å². The Bertz CT molecular complexity index is 1250. The van der Waals surface area contributed by atoms with Gasteiger partial charge >= 0.3 is 0 Å². The SMILES string of the molecule is CC(=C=CC/C(C)=C/C=O)C/C=C1\C(C)=CCCC1(C)C.CC(C=CC=C(C)/C=C/C1=C(C)CCCC1(C)C)=CC=O. The van der Waals surface area contributed by atoms with Gasteiger partial charge in [0.15, 0.2) is 0 Å². The van der Waals surface area contributed by atoms with Gasteiger partial charge in [-0.15, -0.1) is 5.73 Å². The van der Waals surface area contributed by atoms with Crippen molar-refractivity contribution in [2.75, 3.05) is 0 Å². The Morgan fingerprint density at radius 2 is 1.52 bits per heavy atom. The van der Waals surface area contributed by atoms with E-state index in [1.165, 1.54) is 65.5 Å². The van der Waals surface area contributed by atoms with Gasteiger partial charge in [0.25, 0.3) is 0 Å². The summed E-state index contributed by atoms with van der Waals surface area (Å²) in [6, 6.07) is 0. The second-order valence-corrected chi connectivity index (χ2v) is 13.2. The molecule has 42 heavy (non-hydrogen) atoms. The molecule has 2 nitrogen and oxygen atoms in total. The van der Waals surface area contributed by atoms with E-state index in [1.54, 1.807) is 12.2 Å². The second-order valence-electron chi connectivity index (χ2n) is 13.2. The maximum atomic E-state index is 10.4. The molecule has 0 atom stereocenters. The summed E-state index contributed by atoms with van der Waals surface area (Å²) in [5.74, 6) is 0. The average molecular weight is 569 g/mol. The first-order chi connectivity index (χ1) is 19.7. The molecule has 0 aromatic carbocycles. The molecule has 0 heterocycles. The van der Waals surface area contributed by atoms with Gasteiger partial charge in [0.05, 0.1) is 0 Å². The highest BCUT2D eigenvalue weighted by Gasteiger charge is 2.27. The molecule has 0 bridgehead atoms. The number of hydrogen-bond donors (Lipinski definition) is 0. The van der Waals surface area contributed by atoms with Crippen LogP contribution in [0, 0.1) is 10.8 Å². The minimum Gasteiger partial charge on any atom is -0.299 e. The molecular formula is C40H56O2. The van der Waals surface area contributed by atoms with Crippen LogP contribution in [0.3, 0.4) is 0 Å². The minimum absolute atomic E-state index is 0.284. The first kappa shape index (κ1) is 36.8. The first-order valence-corrected chi connectivity index (χ1v) is 15.5. The van der Waals surface area contributed by atoms with Crippen molar-refractivity contribution in [3.63, 3.8) is 0 Å². The summed E-state index contributed by atoms with van der Waals surface area (Å²) in [4.78, 5) is 20.7. The van der Waals surface area contributed by atoms with Crippen LogP contribution in [0.1, 0.15) is 114 Å². The fourth-order valence-corrected chi connectivity index (χ4v) is 5.54. The van der Waals surface area contributed by atoms with Crippen LogP contribution in [-0.4, -0.2) is 12.6 Å². The normalized spacial score (nSPS) is 20.2. The molecule has 0 saturated heterocycles. The van der Waals surface area contributed by atoms with E-state index in [2.05, 4.69) is 91.5 Å². The lowest BCUT2D eigenvalue weighted by molar-refractivity contribution is -0.104. The highest BCUT2D eigenvalue weighted by atomic mass is 16.1. The van der Waals surface area contributed by atoms with Crippen LogP contribution in [0.25, 0.3) is 0 Å². The third-order valence-corrected chi connectivity index (χ3v) is 8.22. The van der Waals surface area contributed by atoms with Crippen LogP contribution >= 0.6 is 0 Å². The Balaban J connectivity index is 0.000000420. The van der Waals surface area contributed by atoms with Crippen molar-refractivity contribution in [1.82, 2.24) is 0 Å². The van der Waals surface area contributed by atoms with E-state index in [9.17, 15) is 9.59 Å². The van der Waals surface area contributed by atoms with Gasteiger partial charge in [-0.3, -0.25) is 9.59 Å². The van der Waals surface area contributed by atoms with E-state index in [4.69, 9.17) is 0 Å². The summed E-state index contributed by atoms with van der Waals surface area (Å²) >= 11 is 0. The molecule has 2 heteroatoms. The Hall–Kier alpha value is -3.22. The Labute approximate surface area is 257 Å². The fourth-order valence-electron chi connectivity index (χ4n) is 5.54. The van der Waals surface area contributed by atoms with Crippen molar-refractivity contribution in [3.8, 4) is 0 Å². The van der Waals surface area contributed by atoms with Gasteiger partial charge < -0.3 is 0 Å². The second kappa shape index (κ2) is 18.3. The maximum absolute atomic E-state index is 10.4. The summed E-state index contributed by atoms with van der Waals surface area (Å²) in [6.07, 6.45) is 30.0. The molecule has 228 valence electrons. The predicted octanol–water partition coefficient (Wildman–Crippen LogP) is 11.4. The summed E-state index contributed by atoms with van der Waals surface area (Å²) in [5.41, 5.74) is 14.3. The van der Waals surface area contributed by atoms with E-state index in [1.807, 2.05) is 32.1 Å². The topological polar surface area (TPSA) is 34.1 Å². The van der Waals surface area contributed by atoms with Gasteiger partial charge in [0.2, 0.25) is 0 Å². The molecule has 0 aromatic heterocycles. The van der Waals surface area contributed by atoms with Gasteiger partial charge in [-0.1, -0.05) is 92.5 Å². The molecule has 0 amide bonds. The summed E-state index contributed by atoms with van der Waals surface area (Å²) in [5, 5.41) is 0. The molecule has 0 aliphatic heterocycles. The zero-order chi connectivity index (χ0) is 31.8. The zero-order valence-corrected chi connectivity index (χ0v) is 28.2. The summed E-state index contributed by atoms with van der Waals surface area (Å²) in [7, 11) is 0. The third-order valence-electron chi connectivity index (χ3n) is 8.22. The van der Waals surface area contributed by atoms with Gasteiger partial charge in [-0.2, -0.15) is 0 Å². The van der Waals surface area contributed by atoms with Crippen LogP contribution < -0.4 is 0 Å². The maximum Gasteiger partial charge on any atom is 0.143 e. The minimum atomic E-state index is 0.284. The third kappa shape index (κ3) is 13.6. The van der Waals surface area contributed by atoms with Gasteiger partial charge in [-0.25, -0.2) is 0 Å². The molecular weight excluding hydrogens is 512 g/mol. The van der Waals surface area contributed by atoms with E-state index in [0.29, 0.717) is 0 Å². The number of aldehydes is 2. The Kier molecular flexibility index (Phi) is 16.1. The van der Waals surface area contributed by atoms with E-state index < -0.39 is 0 Å². The number of rotatable bonds is 10. The van der Waals surface area contributed by atoms with Crippen LogP contribution in [0.15, 0.2) is 111 Å². The molecule has 2 aliphatic rings. The molecule has 0 unspecified atom stereocenters. The summed E-state index contributed by atoms with van der Waals surface area (Å²) < 4.78 is 0. The molecule has 2 rings (SSSR count). The molecule has 0 aromatic rings. The quantitative estimate of drug-likeness (QED) is 0.114. The van der Waals surface area contributed by atoms with Gasteiger partial charge in [0.1, 0.15) is 12.6 Å². The fraction of sp³-hybridized carbons (Fsp3) is 0.475. The smallest absolute Gasteiger partial charge is 0.143 e. The standard InChI is InChI=1S/2C20H28O/c2*1-16(8-6-9-17(2)13-15-21)11-12-19-18(3)10-7-14-20(19,4)5/h6,10,12-13,15H,7,9,11,14H2,1-5H3;6,8-9,11-13,15H,7,10,14H2,1-5H3/b17-13+,19-12+;9-6?,12-11+,16-8?,17-13?. The monoisotopic (exact) mass is 568 g/mol. The highest BCUT2D eigenvalue weighted by molar-refractivity contribution is 5.67. The molecule has 0 saturated carbocycles. The van der Waals surface area contributed by atoms with E-state index >= 15 is 0 Å². The number of hydrogen-bond acceptors (Lipinski definition) is 2. The van der Waals surface area contributed by atoms with Crippen molar-refractivity contribution >= 4 is 12.6 Å². The van der Waals surface area contributed by atoms with Crippen LogP contribution in [0.2, 0.25) is 0 Å². The van der Waals surface area contributed by atoms with Crippen LogP contribution in [0.5, 0.6) is 0 Å². The number of carbonyl (C=O) groups excluding carboxylic acids is 2. The predicted molar refractivity (Wildman–Crippen MR) is 183 cm³/mol. The first-order valence-electron chi connectivity index (χ1n) is 15.5. The lowest BCUT2D eigenvalue weighted by Gasteiger charge is -2.32. The van der Waals surface area contributed by atoms with Crippen molar-refractivity contribution < 1.29 is 9.59 Å². The Morgan fingerprint density at radius 1 is 0.857 bits per heavy atom. The largest absolute Gasteiger partial charge is 0.299 e. The van der Waals surface area contributed by atoms with Crippen LogP contribution in [0.4, 0.5) is 0 Å². The number of allylic oxidation sites excluding steroid dienone is 17. The van der Waals surface area contributed by atoms with Crippen LogP contribution in [-0.2, 0) is 9.59 Å². The lowest BCUT2D eigenvalue weighted by Crippen LogP contribution is -2.19. The summed E-state index contributed by atoms with van der Waals surface area (Å²) in [6.45, 7) is 21.9. The molecule has 0 radical (unpaired) electrons. The van der Waals surface area contributed by atoms with Crippen molar-refractivity contribution in [2.24, 2.45) is 10.8 Å². The molecule has 0 fully saturated rings. The zero-order valence-electron chi connectivity index (χ0n) is 28.2. The molecule has 2 aliphatic carbocycles. The van der Waals surface area contributed by atoms with Crippen molar-refractivity contribution in [3.05, 3.63) is 111 Å². The molecule has 0 N–H and O–H groups in total. The van der Waals surface area contributed by atoms with Crippen molar-refractivity contribution in [2.45, 2.75) is 114 Å². The lowest BCUT2D eigenvalue weighted by atomic mass is 9.72. The molecule has 0 spiro atoms. The highest BCUT2D eigenvalue weighted by Crippen LogP contribution is 2.41. The average Bonchev–Trinajstić information content (AvgIpc) is 2.88. The van der Waals surface area contributed by atoms with Crippen molar-refractivity contribution in [1.29, 1.82) is 0 Å². The van der Waals surface area contributed by atoms with E-state index in [0.717, 1.165) is 36.6 Å². The van der Waals surface area contributed by atoms with E-state index in [-0.39, 0.29) is 10.8 Å². The number of carbonyl (C=O) groups is 2. The van der Waals surface area contributed by atoms with Gasteiger partial charge in [0, 0.05) is 0 Å². The Morgan fingerprint density at radius 3 is 2.14 bits per heavy atom.